The summed E-state index contributed by atoms with van der Waals surface area (Å²) in [5.41, 5.74) is 2.27. The molecule has 56 heavy (non-hydrogen) atoms. The van der Waals surface area contributed by atoms with E-state index in [1.54, 1.807) is 0 Å². The number of hydrogen-bond donors (Lipinski definition) is 1. The molecule has 0 radical (unpaired) electrons. The quantitative estimate of drug-likeness (QED) is 0.187. The van der Waals surface area contributed by atoms with Crippen molar-refractivity contribution in [1.29, 1.82) is 0 Å². The molecule has 0 unspecified atom stereocenters. The molecule has 6 aliphatic rings. The highest BCUT2D eigenvalue weighted by atomic mass is 16.5. The molecule has 8 heteroatoms. The monoisotopic (exact) mass is 775 g/mol. The van der Waals surface area contributed by atoms with Crippen LogP contribution in [0.15, 0.2) is 28.9 Å². The molecule has 5 saturated carbocycles. The molecule has 0 spiro atoms. The summed E-state index contributed by atoms with van der Waals surface area (Å²) in [7, 11) is 0. The van der Waals surface area contributed by atoms with Gasteiger partial charge in [-0.2, -0.15) is 0 Å². The number of rotatable bonds is 10. The van der Waals surface area contributed by atoms with Gasteiger partial charge < -0.3 is 19.2 Å². The van der Waals surface area contributed by atoms with Crippen molar-refractivity contribution in [2.45, 2.75) is 158 Å². The zero-order valence-corrected chi connectivity index (χ0v) is 36.4. The van der Waals surface area contributed by atoms with Gasteiger partial charge >= 0.3 is 11.9 Å². The van der Waals surface area contributed by atoms with Crippen molar-refractivity contribution >= 4 is 17.8 Å². The van der Waals surface area contributed by atoms with Crippen LogP contribution in [0, 0.1) is 69.0 Å². The van der Waals surface area contributed by atoms with E-state index in [-0.39, 0.29) is 52.0 Å². The minimum atomic E-state index is -0.882. The predicted octanol–water partition coefficient (Wildman–Crippen LogP) is 10.1. The number of carbonyl (C=O) groups excluding carboxylic acids is 2. The lowest BCUT2D eigenvalue weighted by atomic mass is 9.32. The summed E-state index contributed by atoms with van der Waals surface area (Å²) in [6.45, 7) is 29.4. The van der Waals surface area contributed by atoms with Gasteiger partial charge in [-0.3, -0.25) is 19.3 Å². The lowest BCUT2D eigenvalue weighted by Gasteiger charge is -2.73. The van der Waals surface area contributed by atoms with E-state index in [4.69, 9.17) is 9.15 Å². The van der Waals surface area contributed by atoms with E-state index >= 15 is 0 Å². The molecule has 8 nitrogen and oxygen atoms in total. The molecule has 312 valence electrons. The van der Waals surface area contributed by atoms with Gasteiger partial charge in [0, 0.05) is 38.0 Å². The molecule has 0 aromatic carbocycles. The zero-order valence-electron chi connectivity index (χ0n) is 36.4. The summed E-state index contributed by atoms with van der Waals surface area (Å²) >= 11 is 0. The first-order valence-electron chi connectivity index (χ1n) is 22.2. The van der Waals surface area contributed by atoms with Crippen LogP contribution >= 0.6 is 0 Å². The largest absolute Gasteiger partial charge is 0.481 e. The van der Waals surface area contributed by atoms with Crippen molar-refractivity contribution < 1.29 is 28.6 Å². The van der Waals surface area contributed by atoms with Crippen LogP contribution in [-0.4, -0.2) is 65.0 Å². The Kier molecular flexibility index (Phi) is 10.8. The standard InChI is InChI=1S/C48H74N2O6/c1-31(2)34-13-18-48(26-39(51)50-23-21-49(22-24-50)29-33-25-32(3)30-55-33)20-19-46(9)35(42(34)48)11-12-37-45(8)16-15-38(44(6,7)36(45)14-17-47(37,46)10)56-41(54)28-43(4,5)27-40(52)53/h25,30,34-38,42H,1,11-24,26-29H2,2-10H3,(H,52,53)/t34-,35+,36-,37+,38-,42+,45-,46+,47+,48+/m0/s1. The van der Waals surface area contributed by atoms with Crippen molar-refractivity contribution in [2.24, 2.45) is 62.1 Å². The highest BCUT2D eigenvalue weighted by Gasteiger charge is 2.71. The van der Waals surface area contributed by atoms with Crippen molar-refractivity contribution in [1.82, 2.24) is 9.80 Å². The molecular weight excluding hydrogens is 701 g/mol. The zero-order chi connectivity index (χ0) is 40.6. The number of piperazine rings is 1. The molecule has 1 N–H and O–H groups in total. The lowest BCUT2D eigenvalue weighted by molar-refractivity contribution is -0.250. The fraction of sp³-hybridized carbons (Fsp3) is 0.812. The van der Waals surface area contributed by atoms with Crippen molar-refractivity contribution in [3.63, 3.8) is 0 Å². The predicted molar refractivity (Wildman–Crippen MR) is 219 cm³/mol. The summed E-state index contributed by atoms with van der Waals surface area (Å²) in [6, 6.07) is 2.12. The first kappa shape index (κ1) is 41.5. The molecule has 1 aromatic heterocycles. The number of aryl methyl sites for hydroxylation is 1. The van der Waals surface area contributed by atoms with Crippen molar-refractivity contribution in [3.8, 4) is 0 Å². The van der Waals surface area contributed by atoms with Gasteiger partial charge in [0.15, 0.2) is 0 Å². The highest BCUT2D eigenvalue weighted by Crippen LogP contribution is 2.78. The van der Waals surface area contributed by atoms with Gasteiger partial charge in [0.25, 0.3) is 0 Å². The van der Waals surface area contributed by atoms with Crippen LogP contribution in [0.3, 0.4) is 0 Å². The minimum Gasteiger partial charge on any atom is -0.481 e. The molecule has 5 aliphatic carbocycles. The Hall–Kier alpha value is -2.61. The number of carboxylic acid groups (broad SMARTS) is 1. The van der Waals surface area contributed by atoms with E-state index in [9.17, 15) is 19.5 Å². The topological polar surface area (TPSA) is 100 Å². The molecule has 7 rings (SSSR count). The summed E-state index contributed by atoms with van der Waals surface area (Å²) < 4.78 is 12.0. The molecule has 1 saturated heterocycles. The lowest BCUT2D eigenvalue weighted by Crippen LogP contribution is -2.67. The van der Waals surface area contributed by atoms with Crippen LogP contribution in [-0.2, 0) is 25.7 Å². The summed E-state index contributed by atoms with van der Waals surface area (Å²) in [6.07, 6.45) is 13.8. The Bertz CT molecular complexity index is 1690. The molecule has 10 atom stereocenters. The van der Waals surface area contributed by atoms with Gasteiger partial charge in [0.05, 0.1) is 25.6 Å². The van der Waals surface area contributed by atoms with Crippen molar-refractivity contribution in [3.05, 3.63) is 35.8 Å². The summed E-state index contributed by atoms with van der Waals surface area (Å²) in [5.74, 6) is 2.85. The maximum atomic E-state index is 14.4. The molecule has 0 bridgehead atoms. The SMILES string of the molecule is C=C(C)[C@@H]1CC[C@]2(CC(=O)N3CCN(Cc4cc(C)co4)CC3)CC[C@]3(C)[C@H](CC[C@@H]4[C@@]5(C)CC[C@H](OC(=O)CC(C)(C)CC(=O)O)C(C)(C)[C@@H]5CC[C@]43C)[C@@H]12. The Labute approximate surface area is 337 Å². The number of carboxylic acids is 1. The van der Waals surface area contributed by atoms with Crippen LogP contribution in [0.1, 0.15) is 150 Å². The highest BCUT2D eigenvalue weighted by molar-refractivity contribution is 5.77. The smallest absolute Gasteiger partial charge is 0.306 e. The number of amides is 1. The second-order valence-electron chi connectivity index (χ2n) is 22.2. The first-order valence-corrected chi connectivity index (χ1v) is 22.2. The van der Waals surface area contributed by atoms with Gasteiger partial charge in [-0.15, -0.1) is 0 Å². The van der Waals surface area contributed by atoms with Gasteiger partial charge in [-0.25, -0.2) is 0 Å². The molecule has 1 aliphatic heterocycles. The number of esters is 1. The Balaban J connectivity index is 1.06. The van der Waals surface area contributed by atoms with E-state index in [0.717, 1.165) is 82.6 Å². The number of fused-ring (bicyclic) bond motifs is 7. The van der Waals surface area contributed by atoms with Crippen LogP contribution in [0.25, 0.3) is 0 Å². The van der Waals surface area contributed by atoms with Gasteiger partial charge in [-0.05, 0) is 146 Å². The number of furan rings is 1. The summed E-state index contributed by atoms with van der Waals surface area (Å²) in [4.78, 5) is 43.7. The normalized spacial score (nSPS) is 39.5. The van der Waals surface area contributed by atoms with Gasteiger partial charge in [0.1, 0.15) is 11.9 Å². The average molecular weight is 775 g/mol. The Morgan fingerprint density at radius 1 is 0.893 bits per heavy atom. The number of nitrogens with zero attached hydrogens (tertiary/aromatic N) is 2. The van der Waals surface area contributed by atoms with E-state index in [1.807, 2.05) is 20.1 Å². The number of aliphatic carboxylic acids is 1. The number of hydrogen-bond acceptors (Lipinski definition) is 6. The minimum absolute atomic E-state index is 0.0485. The summed E-state index contributed by atoms with van der Waals surface area (Å²) in [5, 5.41) is 9.38. The van der Waals surface area contributed by atoms with Gasteiger partial charge in [-0.1, -0.05) is 60.6 Å². The Morgan fingerprint density at radius 3 is 2.25 bits per heavy atom. The fourth-order valence-corrected chi connectivity index (χ4v) is 15.2. The molecule has 2 heterocycles. The van der Waals surface area contributed by atoms with Crippen LogP contribution < -0.4 is 0 Å². The number of allylic oxidation sites excluding steroid dienone is 1. The van der Waals surface area contributed by atoms with E-state index in [1.165, 1.54) is 31.3 Å². The fourth-order valence-electron chi connectivity index (χ4n) is 15.2. The second-order valence-corrected chi connectivity index (χ2v) is 22.2. The third-order valence-corrected chi connectivity index (χ3v) is 18.1. The van der Waals surface area contributed by atoms with E-state index in [2.05, 4.69) is 70.9 Å². The molecule has 1 amide bonds. The van der Waals surface area contributed by atoms with E-state index < -0.39 is 11.4 Å². The van der Waals surface area contributed by atoms with Crippen LogP contribution in [0.4, 0.5) is 0 Å². The third-order valence-electron chi connectivity index (χ3n) is 18.1. The molecular formula is C48H74N2O6. The number of carbonyl (C=O) groups is 3. The second kappa shape index (κ2) is 14.6. The van der Waals surface area contributed by atoms with E-state index in [0.29, 0.717) is 41.9 Å². The van der Waals surface area contributed by atoms with Crippen LogP contribution in [0.5, 0.6) is 0 Å². The Morgan fingerprint density at radius 2 is 1.61 bits per heavy atom. The van der Waals surface area contributed by atoms with Crippen LogP contribution in [0.2, 0.25) is 0 Å². The maximum absolute atomic E-state index is 14.4. The molecule has 1 aromatic rings. The van der Waals surface area contributed by atoms with Gasteiger partial charge in [0.2, 0.25) is 5.91 Å². The first-order chi connectivity index (χ1) is 26.1. The maximum Gasteiger partial charge on any atom is 0.306 e. The average Bonchev–Trinajstić information content (AvgIpc) is 3.69. The third kappa shape index (κ3) is 7.01. The number of ether oxygens (including phenoxy) is 1. The van der Waals surface area contributed by atoms with Crippen molar-refractivity contribution in [2.75, 3.05) is 26.2 Å². The molecule has 6 fully saturated rings.